The number of hydrogen-bond acceptors (Lipinski definition) is 5. The van der Waals surface area contributed by atoms with E-state index in [1.807, 2.05) is 13.8 Å². The van der Waals surface area contributed by atoms with Gasteiger partial charge in [0.05, 0.1) is 18.1 Å². The molecule has 1 N–H and O–H groups in total. The van der Waals surface area contributed by atoms with Crippen LogP contribution in [-0.4, -0.2) is 24.5 Å². The molecule has 0 aliphatic carbocycles. The van der Waals surface area contributed by atoms with E-state index in [0.717, 1.165) is 0 Å². The zero-order valence-electron chi connectivity index (χ0n) is 12.0. The molecule has 0 aromatic heterocycles. The third kappa shape index (κ3) is 3.57. The Kier molecular flexibility index (Phi) is 4.22. The highest BCUT2D eigenvalue weighted by Crippen LogP contribution is 2.38. The number of ether oxygens (including phenoxy) is 3. The lowest BCUT2D eigenvalue weighted by molar-refractivity contribution is 0.0691. The molecule has 1 aromatic carbocycles. The summed E-state index contributed by atoms with van der Waals surface area (Å²) < 4.78 is 15.9. The molecule has 1 aromatic rings. The second-order valence-corrected chi connectivity index (χ2v) is 5.45. The molecular weight excluding hydrogens is 274 g/mol. The van der Waals surface area contributed by atoms with Crippen molar-refractivity contribution in [3.05, 3.63) is 17.7 Å². The average molecular weight is 291 g/mol. The van der Waals surface area contributed by atoms with E-state index < -0.39 is 11.4 Å². The number of nitriles is 1. The average Bonchev–Trinajstić information content (AvgIpc) is 2.89. The van der Waals surface area contributed by atoms with Crippen molar-refractivity contribution in [1.82, 2.24) is 0 Å². The predicted octanol–water partition coefficient (Wildman–Crippen LogP) is 2.82. The van der Waals surface area contributed by atoms with Crippen molar-refractivity contribution in [2.24, 2.45) is 5.41 Å². The highest BCUT2D eigenvalue weighted by molar-refractivity contribution is 5.92. The monoisotopic (exact) mass is 291 g/mol. The number of aromatic carboxylic acids is 1. The molecule has 0 atom stereocenters. The maximum atomic E-state index is 11.2. The molecule has 0 spiro atoms. The lowest BCUT2D eigenvalue weighted by Gasteiger charge is -2.15. The molecule has 6 nitrogen and oxygen atoms in total. The molecule has 0 saturated carbocycles. The largest absolute Gasteiger partial charge is 0.493 e. The zero-order chi connectivity index (χ0) is 15.5. The minimum Gasteiger partial charge on any atom is -0.493 e. The van der Waals surface area contributed by atoms with Crippen LogP contribution in [0.1, 0.15) is 37.0 Å². The predicted molar refractivity (Wildman–Crippen MR) is 73.6 cm³/mol. The quantitative estimate of drug-likeness (QED) is 0.811. The van der Waals surface area contributed by atoms with Crippen molar-refractivity contribution in [3.8, 4) is 23.3 Å². The van der Waals surface area contributed by atoms with Gasteiger partial charge in [0, 0.05) is 12.1 Å². The molecule has 1 heterocycles. The Morgan fingerprint density at radius 2 is 2.10 bits per heavy atom. The molecule has 1 aliphatic heterocycles. The van der Waals surface area contributed by atoms with Crippen LogP contribution in [0.3, 0.4) is 0 Å². The van der Waals surface area contributed by atoms with Gasteiger partial charge in [0.25, 0.3) is 0 Å². The number of carboxylic acids is 1. The number of benzene rings is 1. The summed E-state index contributed by atoms with van der Waals surface area (Å²) in [6.07, 6.45) is 1.34. The van der Waals surface area contributed by atoms with Crippen LogP contribution in [0.15, 0.2) is 12.1 Å². The maximum Gasteiger partial charge on any atom is 0.339 e. The SMILES string of the molecule is CC(C)(C#N)CCCOc1cc2c(cc1C(=O)O)OCO2. The van der Waals surface area contributed by atoms with Crippen LogP contribution in [0.4, 0.5) is 0 Å². The summed E-state index contributed by atoms with van der Waals surface area (Å²) in [5.41, 5.74) is -0.368. The van der Waals surface area contributed by atoms with Crippen LogP contribution in [0.5, 0.6) is 17.2 Å². The summed E-state index contributed by atoms with van der Waals surface area (Å²) in [4.78, 5) is 11.2. The van der Waals surface area contributed by atoms with Gasteiger partial charge in [-0.05, 0) is 26.7 Å². The van der Waals surface area contributed by atoms with Crippen LogP contribution in [-0.2, 0) is 0 Å². The first-order valence-corrected chi connectivity index (χ1v) is 6.64. The van der Waals surface area contributed by atoms with Crippen LogP contribution in [0.2, 0.25) is 0 Å². The van der Waals surface area contributed by atoms with E-state index in [-0.39, 0.29) is 18.1 Å². The second-order valence-electron chi connectivity index (χ2n) is 5.45. The lowest BCUT2D eigenvalue weighted by Crippen LogP contribution is -2.11. The molecule has 0 saturated heterocycles. The van der Waals surface area contributed by atoms with Gasteiger partial charge < -0.3 is 19.3 Å². The Morgan fingerprint density at radius 3 is 2.71 bits per heavy atom. The highest BCUT2D eigenvalue weighted by atomic mass is 16.7. The summed E-state index contributed by atoms with van der Waals surface area (Å²) in [5, 5.41) is 18.1. The standard InChI is InChI=1S/C15H17NO5/c1-15(2,8-16)4-3-5-19-11-7-13-12(20-9-21-13)6-10(11)14(17)18/h6-7H,3-5,9H2,1-2H3,(H,17,18). The van der Waals surface area contributed by atoms with Gasteiger partial charge in [-0.3, -0.25) is 0 Å². The topological polar surface area (TPSA) is 88.8 Å². The van der Waals surface area contributed by atoms with Crippen molar-refractivity contribution >= 4 is 5.97 Å². The number of nitrogens with zero attached hydrogens (tertiary/aromatic N) is 1. The van der Waals surface area contributed by atoms with Gasteiger partial charge in [0.2, 0.25) is 6.79 Å². The molecule has 21 heavy (non-hydrogen) atoms. The molecular formula is C15H17NO5. The van der Waals surface area contributed by atoms with Crippen LogP contribution in [0, 0.1) is 16.7 Å². The number of fused-ring (bicyclic) bond motifs is 1. The van der Waals surface area contributed by atoms with E-state index >= 15 is 0 Å². The van der Waals surface area contributed by atoms with Crippen molar-refractivity contribution in [2.45, 2.75) is 26.7 Å². The third-order valence-corrected chi connectivity index (χ3v) is 3.21. The Balaban J connectivity index is 2.03. The highest BCUT2D eigenvalue weighted by Gasteiger charge is 2.22. The van der Waals surface area contributed by atoms with E-state index in [1.54, 1.807) is 0 Å². The Bertz CT molecular complexity index is 588. The van der Waals surface area contributed by atoms with Gasteiger partial charge in [-0.1, -0.05) is 0 Å². The van der Waals surface area contributed by atoms with Crippen molar-refractivity contribution in [3.63, 3.8) is 0 Å². The summed E-state index contributed by atoms with van der Waals surface area (Å²) >= 11 is 0. The van der Waals surface area contributed by atoms with Gasteiger partial charge >= 0.3 is 5.97 Å². The Hall–Kier alpha value is -2.42. The van der Waals surface area contributed by atoms with Crippen molar-refractivity contribution in [1.29, 1.82) is 5.26 Å². The molecule has 0 radical (unpaired) electrons. The number of carboxylic acid groups (broad SMARTS) is 1. The fraction of sp³-hybridized carbons (Fsp3) is 0.467. The van der Waals surface area contributed by atoms with Gasteiger partial charge in [-0.2, -0.15) is 5.26 Å². The van der Waals surface area contributed by atoms with Crippen molar-refractivity contribution < 1.29 is 24.1 Å². The van der Waals surface area contributed by atoms with E-state index in [4.69, 9.17) is 19.5 Å². The smallest absolute Gasteiger partial charge is 0.339 e. The Morgan fingerprint density at radius 1 is 1.43 bits per heavy atom. The maximum absolute atomic E-state index is 11.2. The molecule has 6 heteroatoms. The first-order chi connectivity index (χ1) is 9.93. The first-order valence-electron chi connectivity index (χ1n) is 6.64. The van der Waals surface area contributed by atoms with E-state index in [0.29, 0.717) is 30.9 Å². The summed E-state index contributed by atoms with van der Waals surface area (Å²) in [7, 11) is 0. The Labute approximate surface area is 122 Å². The first kappa shape index (κ1) is 15.0. The molecule has 0 unspecified atom stereocenters. The zero-order valence-corrected chi connectivity index (χ0v) is 12.0. The minimum absolute atomic E-state index is 0.0405. The van der Waals surface area contributed by atoms with Crippen molar-refractivity contribution in [2.75, 3.05) is 13.4 Å². The van der Waals surface area contributed by atoms with Crippen LogP contribution < -0.4 is 14.2 Å². The van der Waals surface area contributed by atoms with Gasteiger partial charge in [-0.25, -0.2) is 4.79 Å². The molecule has 112 valence electrons. The second kappa shape index (κ2) is 5.92. The van der Waals surface area contributed by atoms with Crippen LogP contribution >= 0.6 is 0 Å². The van der Waals surface area contributed by atoms with Crippen LogP contribution in [0.25, 0.3) is 0 Å². The summed E-state index contributed by atoms with van der Waals surface area (Å²) in [6, 6.07) is 5.15. The molecule has 1 aliphatic rings. The number of hydrogen-bond donors (Lipinski definition) is 1. The minimum atomic E-state index is -1.08. The van der Waals surface area contributed by atoms with E-state index in [9.17, 15) is 9.90 Å². The fourth-order valence-corrected chi connectivity index (χ4v) is 1.96. The van der Waals surface area contributed by atoms with Gasteiger partial charge in [0.15, 0.2) is 11.5 Å². The normalized spacial score (nSPS) is 12.8. The fourth-order valence-electron chi connectivity index (χ4n) is 1.96. The summed E-state index contributed by atoms with van der Waals surface area (Å²) in [5.74, 6) is 0.0555. The van der Waals surface area contributed by atoms with E-state index in [1.165, 1.54) is 12.1 Å². The van der Waals surface area contributed by atoms with E-state index in [2.05, 4.69) is 6.07 Å². The third-order valence-electron chi connectivity index (χ3n) is 3.21. The van der Waals surface area contributed by atoms with Gasteiger partial charge in [0.1, 0.15) is 11.3 Å². The molecule has 0 fully saturated rings. The number of rotatable bonds is 6. The lowest BCUT2D eigenvalue weighted by atomic mass is 9.90. The molecule has 2 rings (SSSR count). The summed E-state index contributed by atoms with van der Waals surface area (Å²) in [6.45, 7) is 4.13. The molecule has 0 amide bonds. The van der Waals surface area contributed by atoms with Gasteiger partial charge in [-0.15, -0.1) is 0 Å². The molecule has 0 bridgehead atoms. The number of carbonyl (C=O) groups is 1.